The molecule has 11 nitrogen and oxygen atoms in total. The number of nitrogens with two attached hydrogens (primary N) is 2. The van der Waals surface area contributed by atoms with Gasteiger partial charge in [0.1, 0.15) is 18.1 Å². The van der Waals surface area contributed by atoms with E-state index in [0.717, 1.165) is 0 Å². The van der Waals surface area contributed by atoms with Crippen molar-refractivity contribution in [2.45, 2.75) is 51.4 Å². The summed E-state index contributed by atoms with van der Waals surface area (Å²) in [5.74, 6) is -4.70. The molecule has 0 aliphatic rings. The van der Waals surface area contributed by atoms with E-state index in [1.807, 2.05) is 0 Å². The molecule has 4 unspecified atom stereocenters. The van der Waals surface area contributed by atoms with Crippen LogP contribution in [0.2, 0.25) is 0 Å². The van der Waals surface area contributed by atoms with Gasteiger partial charge in [0, 0.05) is 5.75 Å². The minimum atomic E-state index is -1.53. The molecule has 0 aromatic rings. The van der Waals surface area contributed by atoms with Gasteiger partial charge in [-0.25, -0.2) is 4.79 Å². The predicted octanol–water partition coefficient (Wildman–Crippen LogP) is -2.67. The second-order valence-electron chi connectivity index (χ2n) is 6.31. The van der Waals surface area contributed by atoms with Gasteiger partial charge in [0.2, 0.25) is 23.6 Å². The summed E-state index contributed by atoms with van der Waals surface area (Å²) < 4.78 is 0. The highest BCUT2D eigenvalue weighted by Gasteiger charge is 2.29. The predicted molar refractivity (Wildman–Crippen MR) is 99.6 cm³/mol. The number of aliphatic carboxylic acids is 1. The van der Waals surface area contributed by atoms with E-state index in [2.05, 4.69) is 28.6 Å². The third kappa shape index (κ3) is 8.73. The summed E-state index contributed by atoms with van der Waals surface area (Å²) in [5.41, 5.74) is 10.6. The third-order valence-electron chi connectivity index (χ3n) is 3.61. The van der Waals surface area contributed by atoms with E-state index in [1.54, 1.807) is 13.8 Å². The highest BCUT2D eigenvalue weighted by atomic mass is 32.1. The summed E-state index contributed by atoms with van der Waals surface area (Å²) in [6.07, 6.45) is -0.603. The summed E-state index contributed by atoms with van der Waals surface area (Å²) in [5, 5.41) is 15.9. The molecule has 0 aromatic carbocycles. The average molecular weight is 405 g/mol. The standard InChI is InChI=1S/C15H27N5O6S/c1-6(2)11(17)14(24)18-7(3)12(22)20-9(5-27)13(23)19-8(15(25)26)4-10(16)21/h6-9,11,27H,4-5,17H2,1-3H3,(H2,16,21)(H,18,24)(H,19,23)(H,20,22)(H,25,26). The van der Waals surface area contributed by atoms with Crippen LogP contribution in [0, 0.1) is 5.92 Å². The van der Waals surface area contributed by atoms with Crippen molar-refractivity contribution >= 4 is 42.2 Å². The van der Waals surface area contributed by atoms with Gasteiger partial charge >= 0.3 is 5.97 Å². The Labute approximate surface area is 162 Å². The molecule has 8 N–H and O–H groups in total. The van der Waals surface area contributed by atoms with Gasteiger partial charge in [-0.15, -0.1) is 0 Å². The van der Waals surface area contributed by atoms with E-state index in [1.165, 1.54) is 6.92 Å². The second kappa shape index (κ2) is 11.4. The number of carbonyl (C=O) groups is 5. The molecule has 27 heavy (non-hydrogen) atoms. The minimum Gasteiger partial charge on any atom is -0.480 e. The van der Waals surface area contributed by atoms with Crippen molar-refractivity contribution < 1.29 is 29.1 Å². The molecule has 0 rings (SSSR count). The third-order valence-corrected chi connectivity index (χ3v) is 3.97. The Morgan fingerprint density at radius 2 is 1.44 bits per heavy atom. The van der Waals surface area contributed by atoms with Crippen molar-refractivity contribution in [1.29, 1.82) is 0 Å². The molecular weight excluding hydrogens is 378 g/mol. The molecule has 4 atom stereocenters. The molecule has 0 saturated heterocycles. The van der Waals surface area contributed by atoms with Crippen LogP contribution in [0.5, 0.6) is 0 Å². The van der Waals surface area contributed by atoms with Crippen molar-refractivity contribution in [1.82, 2.24) is 16.0 Å². The van der Waals surface area contributed by atoms with Gasteiger partial charge in [0.15, 0.2) is 0 Å². The van der Waals surface area contributed by atoms with Crippen LogP contribution >= 0.6 is 12.6 Å². The molecule has 0 bridgehead atoms. The van der Waals surface area contributed by atoms with E-state index in [9.17, 15) is 24.0 Å². The van der Waals surface area contributed by atoms with Gasteiger partial charge < -0.3 is 32.5 Å². The monoisotopic (exact) mass is 405 g/mol. The van der Waals surface area contributed by atoms with Crippen molar-refractivity contribution in [3.05, 3.63) is 0 Å². The maximum absolute atomic E-state index is 12.2. The van der Waals surface area contributed by atoms with E-state index < -0.39 is 60.2 Å². The minimum absolute atomic E-state index is 0.130. The van der Waals surface area contributed by atoms with Crippen molar-refractivity contribution in [3.63, 3.8) is 0 Å². The summed E-state index contributed by atoms with van der Waals surface area (Å²) >= 11 is 3.95. The van der Waals surface area contributed by atoms with E-state index in [0.29, 0.717) is 0 Å². The van der Waals surface area contributed by atoms with E-state index in [-0.39, 0.29) is 11.7 Å². The first-order valence-electron chi connectivity index (χ1n) is 8.19. The molecule has 12 heteroatoms. The Morgan fingerprint density at radius 1 is 0.926 bits per heavy atom. The van der Waals surface area contributed by atoms with Crippen LogP contribution in [0.3, 0.4) is 0 Å². The number of hydrogen-bond donors (Lipinski definition) is 7. The summed E-state index contributed by atoms with van der Waals surface area (Å²) in [6, 6.07) is -4.50. The smallest absolute Gasteiger partial charge is 0.326 e. The Bertz CT molecular complexity index is 585. The highest BCUT2D eigenvalue weighted by molar-refractivity contribution is 7.80. The Morgan fingerprint density at radius 3 is 1.85 bits per heavy atom. The van der Waals surface area contributed by atoms with Crippen LogP contribution in [-0.2, 0) is 24.0 Å². The molecule has 0 aliphatic heterocycles. The Kier molecular flexibility index (Phi) is 10.4. The lowest BCUT2D eigenvalue weighted by Crippen LogP contribution is -2.57. The van der Waals surface area contributed by atoms with Crippen molar-refractivity contribution in [3.8, 4) is 0 Å². The van der Waals surface area contributed by atoms with Gasteiger partial charge in [0.25, 0.3) is 0 Å². The molecule has 0 aromatic heterocycles. The first-order chi connectivity index (χ1) is 12.4. The maximum atomic E-state index is 12.2. The zero-order valence-electron chi connectivity index (χ0n) is 15.4. The number of carbonyl (C=O) groups excluding carboxylic acids is 4. The SMILES string of the molecule is CC(NC(=O)C(N)C(C)C)C(=O)NC(CS)C(=O)NC(CC(N)=O)C(=O)O. The number of nitrogens with one attached hydrogen (secondary N) is 3. The topological polar surface area (TPSA) is 194 Å². The fraction of sp³-hybridized carbons (Fsp3) is 0.667. The lowest BCUT2D eigenvalue weighted by atomic mass is 10.0. The first kappa shape index (κ1) is 24.7. The second-order valence-corrected chi connectivity index (χ2v) is 6.68. The van der Waals surface area contributed by atoms with Crippen molar-refractivity contribution in [2.75, 3.05) is 5.75 Å². The quantitative estimate of drug-likeness (QED) is 0.182. The maximum Gasteiger partial charge on any atom is 0.326 e. The number of carboxylic acids is 1. The van der Waals surface area contributed by atoms with Crippen LogP contribution in [0.25, 0.3) is 0 Å². The van der Waals surface area contributed by atoms with Crippen LogP contribution in [0.1, 0.15) is 27.2 Å². The van der Waals surface area contributed by atoms with Gasteiger partial charge in [-0.05, 0) is 12.8 Å². The van der Waals surface area contributed by atoms with Crippen LogP contribution in [0.4, 0.5) is 0 Å². The lowest BCUT2D eigenvalue weighted by Gasteiger charge is -2.23. The van der Waals surface area contributed by atoms with E-state index >= 15 is 0 Å². The van der Waals surface area contributed by atoms with Crippen LogP contribution < -0.4 is 27.4 Å². The summed E-state index contributed by atoms with van der Waals surface area (Å²) in [6.45, 7) is 4.91. The fourth-order valence-electron chi connectivity index (χ4n) is 1.84. The molecule has 154 valence electrons. The number of primary amides is 1. The number of carboxylic acid groups (broad SMARTS) is 1. The van der Waals surface area contributed by atoms with Gasteiger partial charge in [-0.3, -0.25) is 19.2 Å². The molecule has 0 heterocycles. The zero-order chi connectivity index (χ0) is 21.3. The average Bonchev–Trinajstić information content (AvgIpc) is 2.56. The molecule has 4 amide bonds. The highest BCUT2D eigenvalue weighted by Crippen LogP contribution is 2.00. The molecular formula is C15H27N5O6S. The summed E-state index contributed by atoms with van der Waals surface area (Å²) in [7, 11) is 0. The van der Waals surface area contributed by atoms with Crippen molar-refractivity contribution in [2.24, 2.45) is 17.4 Å². The zero-order valence-corrected chi connectivity index (χ0v) is 16.3. The number of rotatable bonds is 11. The van der Waals surface area contributed by atoms with Gasteiger partial charge in [0.05, 0.1) is 12.5 Å². The number of hydrogen-bond acceptors (Lipinski definition) is 7. The molecule has 0 fully saturated rings. The van der Waals surface area contributed by atoms with Crippen LogP contribution in [0.15, 0.2) is 0 Å². The molecule has 0 saturated carbocycles. The summed E-state index contributed by atoms with van der Waals surface area (Å²) in [4.78, 5) is 58.2. The Hall–Kier alpha value is -2.34. The molecule has 0 radical (unpaired) electrons. The number of amides is 4. The number of thiol groups is 1. The molecule has 0 spiro atoms. The van der Waals surface area contributed by atoms with Crippen LogP contribution in [-0.4, -0.2) is 64.6 Å². The van der Waals surface area contributed by atoms with Gasteiger partial charge in [-0.2, -0.15) is 12.6 Å². The lowest BCUT2D eigenvalue weighted by molar-refractivity contribution is -0.143. The largest absolute Gasteiger partial charge is 0.480 e. The normalized spacial score (nSPS) is 15.2. The van der Waals surface area contributed by atoms with E-state index in [4.69, 9.17) is 16.6 Å². The Balaban J connectivity index is 4.87. The molecule has 0 aliphatic carbocycles. The first-order valence-corrected chi connectivity index (χ1v) is 8.82. The fourth-order valence-corrected chi connectivity index (χ4v) is 2.10. The van der Waals surface area contributed by atoms with Gasteiger partial charge in [-0.1, -0.05) is 13.8 Å².